The van der Waals surface area contributed by atoms with Crippen LogP contribution in [0.1, 0.15) is 20.8 Å². The van der Waals surface area contributed by atoms with Crippen LogP contribution in [0.3, 0.4) is 0 Å². The zero-order valence-electron chi connectivity index (χ0n) is 17.0. The van der Waals surface area contributed by atoms with Gasteiger partial charge in [0.25, 0.3) is 10.0 Å². The number of amides is 1. The molecule has 1 fully saturated rings. The number of ether oxygens (including phenoxy) is 1. The molecule has 8 heteroatoms. The monoisotopic (exact) mass is 417 g/mol. The first-order valence-electron chi connectivity index (χ1n) is 9.55. The molecule has 1 amide bonds. The summed E-state index contributed by atoms with van der Waals surface area (Å²) in [7, 11) is -3.64. The third-order valence-electron chi connectivity index (χ3n) is 4.45. The Morgan fingerprint density at radius 1 is 0.966 bits per heavy atom. The Morgan fingerprint density at radius 2 is 1.62 bits per heavy atom. The number of nitrogens with one attached hydrogen (secondary N) is 1. The topological polar surface area (TPSA) is 79.0 Å². The quantitative estimate of drug-likeness (QED) is 0.823. The smallest absolute Gasteiger partial charge is 0.410 e. The second-order valence-electron chi connectivity index (χ2n) is 7.92. The van der Waals surface area contributed by atoms with Gasteiger partial charge in [-0.3, -0.25) is 4.72 Å². The molecule has 0 aliphatic carbocycles. The molecule has 0 unspecified atom stereocenters. The van der Waals surface area contributed by atoms with Crippen LogP contribution in [-0.4, -0.2) is 51.2 Å². The Labute approximate surface area is 172 Å². The zero-order chi connectivity index (χ0) is 21.1. The van der Waals surface area contributed by atoms with Crippen LogP contribution in [0.2, 0.25) is 0 Å². The van der Waals surface area contributed by atoms with Crippen LogP contribution in [0.25, 0.3) is 0 Å². The van der Waals surface area contributed by atoms with Gasteiger partial charge in [0.1, 0.15) is 5.60 Å². The largest absolute Gasteiger partial charge is 0.444 e. The Kier molecular flexibility index (Phi) is 6.02. The molecule has 0 saturated carbocycles. The molecule has 1 aliphatic rings. The van der Waals surface area contributed by atoms with Gasteiger partial charge < -0.3 is 14.5 Å². The molecule has 2 aromatic rings. The van der Waals surface area contributed by atoms with Crippen molar-refractivity contribution in [1.29, 1.82) is 0 Å². The van der Waals surface area contributed by atoms with Gasteiger partial charge in [-0.05, 0) is 51.1 Å². The number of sulfonamides is 1. The minimum Gasteiger partial charge on any atom is -0.444 e. The Morgan fingerprint density at radius 3 is 2.24 bits per heavy atom. The standard InChI is InChI=1S/C21H27N3O4S/c1-21(2,3)28-20(25)24-14-12-23(13-15-24)18-9-7-8-17(16-18)22-29(26,27)19-10-5-4-6-11-19/h4-11,16,22H,12-15H2,1-3H3. The summed E-state index contributed by atoms with van der Waals surface area (Å²) < 4.78 is 33.1. The van der Waals surface area contributed by atoms with Crippen molar-refractivity contribution in [2.75, 3.05) is 35.8 Å². The number of benzene rings is 2. The van der Waals surface area contributed by atoms with Crippen molar-refractivity contribution in [2.45, 2.75) is 31.3 Å². The van der Waals surface area contributed by atoms with Crippen LogP contribution in [0.5, 0.6) is 0 Å². The van der Waals surface area contributed by atoms with Gasteiger partial charge in [-0.2, -0.15) is 0 Å². The lowest BCUT2D eigenvalue weighted by Crippen LogP contribution is -2.50. The molecule has 156 valence electrons. The minimum atomic E-state index is -3.64. The number of carbonyl (C=O) groups excluding carboxylic acids is 1. The summed E-state index contributed by atoms with van der Waals surface area (Å²) in [6.07, 6.45) is -0.304. The number of carbonyl (C=O) groups is 1. The molecule has 0 radical (unpaired) electrons. The highest BCUT2D eigenvalue weighted by Crippen LogP contribution is 2.23. The summed E-state index contributed by atoms with van der Waals surface area (Å²) in [5.74, 6) is 0. The van der Waals surface area contributed by atoms with Gasteiger partial charge in [0, 0.05) is 31.9 Å². The summed E-state index contributed by atoms with van der Waals surface area (Å²) >= 11 is 0. The summed E-state index contributed by atoms with van der Waals surface area (Å²) in [5.41, 5.74) is 0.890. The number of anilines is 2. The number of hydrogen-bond acceptors (Lipinski definition) is 5. The van der Waals surface area contributed by atoms with E-state index in [1.165, 1.54) is 0 Å². The van der Waals surface area contributed by atoms with E-state index in [2.05, 4.69) is 9.62 Å². The fraction of sp³-hybridized carbons (Fsp3) is 0.381. The van der Waals surface area contributed by atoms with Gasteiger partial charge in [0.05, 0.1) is 10.6 Å². The van der Waals surface area contributed by atoms with Crippen molar-refractivity contribution < 1.29 is 17.9 Å². The second-order valence-corrected chi connectivity index (χ2v) is 9.61. The summed E-state index contributed by atoms with van der Waals surface area (Å²) in [6, 6.07) is 15.6. The average molecular weight is 418 g/mol. The molecule has 0 atom stereocenters. The first kappa shape index (κ1) is 21.0. The molecule has 0 bridgehead atoms. The van der Waals surface area contributed by atoms with E-state index in [0.29, 0.717) is 31.9 Å². The average Bonchev–Trinajstić information content (AvgIpc) is 2.67. The third-order valence-corrected chi connectivity index (χ3v) is 5.85. The van der Waals surface area contributed by atoms with E-state index < -0.39 is 15.6 Å². The van der Waals surface area contributed by atoms with E-state index in [0.717, 1.165) is 5.69 Å². The van der Waals surface area contributed by atoms with Crippen LogP contribution < -0.4 is 9.62 Å². The maximum absolute atomic E-state index is 12.5. The lowest BCUT2D eigenvalue weighted by atomic mass is 10.2. The molecule has 0 spiro atoms. The Bertz CT molecular complexity index is 947. The van der Waals surface area contributed by atoms with Gasteiger partial charge >= 0.3 is 6.09 Å². The molecule has 1 N–H and O–H groups in total. The lowest BCUT2D eigenvalue weighted by molar-refractivity contribution is 0.0240. The first-order chi connectivity index (χ1) is 13.6. The molecule has 0 aromatic heterocycles. The molecule has 2 aromatic carbocycles. The van der Waals surface area contributed by atoms with E-state index in [-0.39, 0.29) is 11.0 Å². The summed E-state index contributed by atoms with van der Waals surface area (Å²) in [5, 5.41) is 0. The lowest BCUT2D eigenvalue weighted by Gasteiger charge is -2.36. The van der Waals surface area contributed by atoms with Gasteiger partial charge in [-0.25, -0.2) is 13.2 Å². The number of piperazine rings is 1. The highest BCUT2D eigenvalue weighted by atomic mass is 32.2. The SMILES string of the molecule is CC(C)(C)OC(=O)N1CCN(c2cccc(NS(=O)(=O)c3ccccc3)c2)CC1. The fourth-order valence-corrected chi connectivity index (χ4v) is 4.12. The van der Waals surface area contributed by atoms with E-state index in [4.69, 9.17) is 4.74 Å². The van der Waals surface area contributed by atoms with Crippen molar-refractivity contribution in [3.8, 4) is 0 Å². The highest BCUT2D eigenvalue weighted by Gasteiger charge is 2.26. The second kappa shape index (κ2) is 8.32. The minimum absolute atomic E-state index is 0.219. The summed E-state index contributed by atoms with van der Waals surface area (Å²) in [6.45, 7) is 7.95. The molecular weight excluding hydrogens is 390 g/mol. The van der Waals surface area contributed by atoms with E-state index in [1.807, 2.05) is 39.0 Å². The van der Waals surface area contributed by atoms with Crippen molar-refractivity contribution in [3.05, 3.63) is 54.6 Å². The van der Waals surface area contributed by atoms with Crippen LogP contribution in [0, 0.1) is 0 Å². The zero-order valence-corrected chi connectivity index (χ0v) is 17.8. The molecular formula is C21H27N3O4S. The van der Waals surface area contributed by atoms with Crippen LogP contribution in [0.15, 0.2) is 59.5 Å². The number of rotatable bonds is 4. The van der Waals surface area contributed by atoms with Crippen molar-refractivity contribution in [3.63, 3.8) is 0 Å². The van der Waals surface area contributed by atoms with E-state index in [9.17, 15) is 13.2 Å². The predicted molar refractivity (Wildman–Crippen MR) is 114 cm³/mol. The van der Waals surface area contributed by atoms with Crippen LogP contribution >= 0.6 is 0 Å². The third kappa shape index (κ3) is 5.63. The number of hydrogen-bond donors (Lipinski definition) is 1. The Balaban J connectivity index is 1.64. The predicted octanol–water partition coefficient (Wildman–Crippen LogP) is 3.54. The van der Waals surface area contributed by atoms with Crippen LogP contribution in [-0.2, 0) is 14.8 Å². The molecule has 3 rings (SSSR count). The maximum Gasteiger partial charge on any atom is 0.410 e. The fourth-order valence-electron chi connectivity index (χ4n) is 3.05. The van der Waals surface area contributed by atoms with Gasteiger partial charge in [-0.15, -0.1) is 0 Å². The molecule has 29 heavy (non-hydrogen) atoms. The maximum atomic E-state index is 12.5. The Hall–Kier alpha value is -2.74. The molecule has 7 nitrogen and oxygen atoms in total. The first-order valence-corrected chi connectivity index (χ1v) is 11.0. The van der Waals surface area contributed by atoms with Gasteiger partial charge in [0.15, 0.2) is 0 Å². The number of nitrogens with zero attached hydrogens (tertiary/aromatic N) is 2. The molecule has 1 aliphatic heterocycles. The summed E-state index contributed by atoms with van der Waals surface area (Å²) in [4.78, 5) is 16.3. The van der Waals surface area contributed by atoms with E-state index in [1.54, 1.807) is 41.3 Å². The van der Waals surface area contributed by atoms with Gasteiger partial charge in [-0.1, -0.05) is 24.3 Å². The van der Waals surface area contributed by atoms with Crippen molar-refractivity contribution in [2.24, 2.45) is 0 Å². The van der Waals surface area contributed by atoms with Crippen LogP contribution in [0.4, 0.5) is 16.2 Å². The molecule has 1 saturated heterocycles. The molecule has 1 heterocycles. The van der Waals surface area contributed by atoms with Crippen molar-refractivity contribution >= 4 is 27.5 Å². The van der Waals surface area contributed by atoms with Crippen molar-refractivity contribution in [1.82, 2.24) is 4.90 Å². The van der Waals surface area contributed by atoms with Gasteiger partial charge in [0.2, 0.25) is 0 Å². The highest BCUT2D eigenvalue weighted by molar-refractivity contribution is 7.92. The van der Waals surface area contributed by atoms with E-state index >= 15 is 0 Å². The normalized spacial score (nSPS) is 15.1.